The van der Waals surface area contributed by atoms with Gasteiger partial charge in [-0.3, -0.25) is 14.6 Å². The zero-order valence-corrected chi connectivity index (χ0v) is 17.9. The smallest absolute Gasteiger partial charge is 0.255 e. The number of carbonyl (C=O) groups is 2. The van der Waals surface area contributed by atoms with E-state index in [1.807, 2.05) is 12.1 Å². The summed E-state index contributed by atoms with van der Waals surface area (Å²) in [4.78, 5) is 28.2. The summed E-state index contributed by atoms with van der Waals surface area (Å²) in [6.45, 7) is 2.61. The quantitative estimate of drug-likeness (QED) is 0.616. The third-order valence-electron chi connectivity index (χ3n) is 4.88. The number of benzene rings is 1. The number of hydrogen-bond donors (Lipinski definition) is 3. The molecule has 0 atom stereocenters. The highest BCUT2D eigenvalue weighted by Gasteiger charge is 2.14. The molecule has 0 spiro atoms. The fourth-order valence-electron chi connectivity index (χ4n) is 3.21. The lowest BCUT2D eigenvalue weighted by Gasteiger charge is -2.22. The van der Waals surface area contributed by atoms with E-state index >= 15 is 0 Å². The molecule has 1 aromatic carbocycles. The van der Waals surface area contributed by atoms with Crippen LogP contribution in [0.2, 0.25) is 0 Å². The van der Waals surface area contributed by atoms with Crippen LogP contribution in [0.4, 0.5) is 5.69 Å². The zero-order chi connectivity index (χ0) is 18.9. The average Bonchev–Trinajstić information content (AvgIpc) is 2.72. The Morgan fingerprint density at radius 1 is 1.00 bits per heavy atom. The maximum absolute atomic E-state index is 12.2. The molecule has 8 heteroatoms. The van der Waals surface area contributed by atoms with Gasteiger partial charge < -0.3 is 16.0 Å². The molecule has 0 unspecified atom stereocenters. The Bertz CT molecular complexity index is 751. The number of piperidine rings is 1. The van der Waals surface area contributed by atoms with Gasteiger partial charge in [-0.25, -0.2) is 0 Å². The van der Waals surface area contributed by atoms with Crippen molar-refractivity contribution in [1.82, 2.24) is 15.6 Å². The number of amides is 2. The molecular formula is C21H28Cl2N4O2. The van der Waals surface area contributed by atoms with Crippen LogP contribution in [0.15, 0.2) is 48.8 Å². The summed E-state index contributed by atoms with van der Waals surface area (Å²) in [5.74, 6) is 0.585. The van der Waals surface area contributed by atoms with Crippen molar-refractivity contribution in [3.8, 4) is 0 Å². The van der Waals surface area contributed by atoms with Gasteiger partial charge in [-0.15, -0.1) is 24.8 Å². The number of aromatic nitrogens is 1. The Morgan fingerprint density at radius 3 is 2.31 bits per heavy atom. The van der Waals surface area contributed by atoms with E-state index in [0.29, 0.717) is 30.1 Å². The highest BCUT2D eigenvalue weighted by Crippen LogP contribution is 2.17. The Morgan fingerprint density at radius 2 is 1.66 bits per heavy atom. The van der Waals surface area contributed by atoms with Crippen molar-refractivity contribution in [2.24, 2.45) is 5.92 Å². The van der Waals surface area contributed by atoms with E-state index in [1.165, 1.54) is 0 Å². The highest BCUT2D eigenvalue weighted by atomic mass is 35.5. The van der Waals surface area contributed by atoms with Gasteiger partial charge in [0.2, 0.25) is 5.91 Å². The minimum atomic E-state index is -0.168. The maximum atomic E-state index is 12.2. The van der Waals surface area contributed by atoms with Gasteiger partial charge in [0.05, 0.1) is 0 Å². The Kier molecular flexibility index (Phi) is 11.3. The van der Waals surface area contributed by atoms with Gasteiger partial charge in [0, 0.05) is 36.6 Å². The molecule has 1 aromatic heterocycles. The van der Waals surface area contributed by atoms with E-state index < -0.39 is 0 Å². The lowest BCUT2D eigenvalue weighted by molar-refractivity contribution is -0.121. The van der Waals surface area contributed by atoms with Gasteiger partial charge in [-0.1, -0.05) is 12.1 Å². The predicted octanol–water partition coefficient (Wildman–Crippen LogP) is 3.57. The molecule has 6 nitrogen and oxygen atoms in total. The van der Waals surface area contributed by atoms with Crippen molar-refractivity contribution in [1.29, 1.82) is 0 Å². The molecule has 1 aliphatic rings. The number of halogens is 2. The molecule has 2 amide bonds. The summed E-state index contributed by atoms with van der Waals surface area (Å²) in [5, 5.41) is 9.13. The summed E-state index contributed by atoms with van der Waals surface area (Å²) in [5.41, 5.74) is 2.26. The van der Waals surface area contributed by atoms with Crippen LogP contribution in [0.25, 0.3) is 0 Å². The number of rotatable bonds is 7. The molecule has 29 heavy (non-hydrogen) atoms. The van der Waals surface area contributed by atoms with E-state index in [4.69, 9.17) is 0 Å². The van der Waals surface area contributed by atoms with Gasteiger partial charge in [0.1, 0.15) is 0 Å². The standard InChI is InChI=1S/C21H26N4O2.2ClH/c26-20(6-3-16-7-11-22-12-8-16)24-15-17-1-4-18(5-2-17)21(27)25-19-9-13-23-14-10-19;;/h1-2,4-5,9-10,13-14,16,22H,3,6-8,11-12,15H2,(H,24,26)(H,23,25,27);2*1H. The molecule has 1 aliphatic heterocycles. The van der Waals surface area contributed by atoms with Crippen molar-refractivity contribution >= 4 is 42.3 Å². The third kappa shape index (κ3) is 8.40. The first kappa shape index (κ1) is 24.9. The molecule has 3 rings (SSSR count). The zero-order valence-electron chi connectivity index (χ0n) is 16.2. The molecule has 3 N–H and O–H groups in total. The van der Waals surface area contributed by atoms with Crippen LogP contribution >= 0.6 is 24.8 Å². The van der Waals surface area contributed by atoms with Crippen LogP contribution < -0.4 is 16.0 Å². The van der Waals surface area contributed by atoms with Crippen molar-refractivity contribution in [3.05, 3.63) is 59.9 Å². The van der Waals surface area contributed by atoms with E-state index in [2.05, 4.69) is 20.9 Å². The SMILES string of the molecule is Cl.Cl.O=C(CCC1CCNCC1)NCc1ccc(C(=O)Nc2ccncc2)cc1. The van der Waals surface area contributed by atoms with Crippen molar-refractivity contribution in [2.75, 3.05) is 18.4 Å². The predicted molar refractivity (Wildman–Crippen MR) is 120 cm³/mol. The van der Waals surface area contributed by atoms with Crippen LogP contribution in [0, 0.1) is 5.92 Å². The van der Waals surface area contributed by atoms with Crippen molar-refractivity contribution in [3.63, 3.8) is 0 Å². The first-order valence-electron chi connectivity index (χ1n) is 9.48. The second-order valence-corrected chi connectivity index (χ2v) is 6.90. The maximum Gasteiger partial charge on any atom is 0.255 e. The van der Waals surface area contributed by atoms with Crippen LogP contribution in [-0.4, -0.2) is 29.9 Å². The number of hydrogen-bond acceptors (Lipinski definition) is 4. The normalized spacial score (nSPS) is 13.5. The second-order valence-electron chi connectivity index (χ2n) is 6.90. The molecular weight excluding hydrogens is 411 g/mol. The van der Waals surface area contributed by atoms with Crippen LogP contribution in [0.3, 0.4) is 0 Å². The highest BCUT2D eigenvalue weighted by molar-refractivity contribution is 6.04. The Balaban J connectivity index is 0.00000210. The lowest BCUT2D eigenvalue weighted by atomic mass is 9.93. The topological polar surface area (TPSA) is 83.1 Å². The summed E-state index contributed by atoms with van der Waals surface area (Å²) in [6, 6.07) is 10.8. The summed E-state index contributed by atoms with van der Waals surface area (Å²) >= 11 is 0. The minimum Gasteiger partial charge on any atom is -0.352 e. The molecule has 2 aromatic rings. The van der Waals surface area contributed by atoms with Crippen LogP contribution in [0.5, 0.6) is 0 Å². The average molecular weight is 439 g/mol. The van der Waals surface area contributed by atoms with E-state index in [0.717, 1.165) is 37.9 Å². The van der Waals surface area contributed by atoms with Crippen LogP contribution in [0.1, 0.15) is 41.6 Å². The Hall–Kier alpha value is -2.15. The lowest BCUT2D eigenvalue weighted by Crippen LogP contribution is -2.29. The number of nitrogens with zero attached hydrogens (tertiary/aromatic N) is 1. The van der Waals surface area contributed by atoms with Crippen molar-refractivity contribution < 1.29 is 9.59 Å². The second kappa shape index (κ2) is 13.1. The molecule has 1 saturated heterocycles. The first-order chi connectivity index (χ1) is 13.2. The molecule has 0 aliphatic carbocycles. The minimum absolute atomic E-state index is 0. The largest absolute Gasteiger partial charge is 0.352 e. The fourth-order valence-corrected chi connectivity index (χ4v) is 3.21. The van der Waals surface area contributed by atoms with Gasteiger partial charge in [-0.2, -0.15) is 0 Å². The van der Waals surface area contributed by atoms with Crippen LogP contribution in [-0.2, 0) is 11.3 Å². The number of nitrogens with one attached hydrogen (secondary N) is 3. The molecule has 0 radical (unpaired) electrons. The van der Waals surface area contributed by atoms with Crippen molar-refractivity contribution in [2.45, 2.75) is 32.2 Å². The number of pyridine rings is 1. The number of anilines is 1. The van der Waals surface area contributed by atoms with E-state index in [1.54, 1.807) is 36.7 Å². The van der Waals surface area contributed by atoms with Gasteiger partial charge >= 0.3 is 0 Å². The summed E-state index contributed by atoms with van der Waals surface area (Å²) < 4.78 is 0. The molecule has 1 fully saturated rings. The van der Waals surface area contributed by atoms with E-state index in [9.17, 15) is 9.59 Å². The first-order valence-corrected chi connectivity index (χ1v) is 9.48. The van der Waals surface area contributed by atoms with Gasteiger partial charge in [-0.05, 0) is 68.1 Å². The Labute approximate surface area is 184 Å². The monoisotopic (exact) mass is 438 g/mol. The third-order valence-corrected chi connectivity index (χ3v) is 4.88. The fraction of sp³-hybridized carbons (Fsp3) is 0.381. The van der Waals surface area contributed by atoms with E-state index in [-0.39, 0.29) is 36.6 Å². The summed E-state index contributed by atoms with van der Waals surface area (Å²) in [6.07, 6.45) is 7.13. The van der Waals surface area contributed by atoms with Gasteiger partial charge in [0.25, 0.3) is 5.91 Å². The molecule has 158 valence electrons. The summed E-state index contributed by atoms with van der Waals surface area (Å²) in [7, 11) is 0. The molecule has 0 bridgehead atoms. The molecule has 0 saturated carbocycles. The number of carbonyl (C=O) groups excluding carboxylic acids is 2. The molecule has 2 heterocycles. The van der Waals surface area contributed by atoms with Gasteiger partial charge in [0.15, 0.2) is 0 Å².